The molecule has 0 aliphatic carbocycles. The van der Waals surface area contributed by atoms with Crippen LogP contribution in [0.2, 0.25) is 0 Å². The summed E-state index contributed by atoms with van der Waals surface area (Å²) in [6, 6.07) is 5.69. The van der Waals surface area contributed by atoms with Gasteiger partial charge in [-0.3, -0.25) is 0 Å². The first-order chi connectivity index (χ1) is 9.46. The Labute approximate surface area is 120 Å². The molecule has 0 aliphatic heterocycles. The fourth-order valence-electron chi connectivity index (χ4n) is 2.15. The quantitative estimate of drug-likeness (QED) is 0.528. The lowest BCUT2D eigenvalue weighted by Gasteiger charge is -2.18. The molecule has 1 nitrogen and oxygen atoms in total. The number of hydrogen-bond acceptors (Lipinski definition) is 1. The van der Waals surface area contributed by atoms with Gasteiger partial charge in [0.15, 0.2) is 0 Å². The molecular formula is C15H23F3NP. The van der Waals surface area contributed by atoms with Gasteiger partial charge >= 0.3 is 6.18 Å². The van der Waals surface area contributed by atoms with Crippen molar-refractivity contribution in [2.24, 2.45) is 5.50 Å². The number of hydrogen-bond donors (Lipinski definition) is 1. The second-order valence-electron chi connectivity index (χ2n) is 4.98. The van der Waals surface area contributed by atoms with Crippen LogP contribution in [-0.4, -0.2) is 6.16 Å². The van der Waals surface area contributed by atoms with Gasteiger partial charge in [-0.15, -0.1) is 0 Å². The molecule has 2 N–H and O–H groups in total. The molecular weight excluding hydrogens is 282 g/mol. The predicted molar refractivity (Wildman–Crippen MR) is 80.4 cm³/mol. The molecule has 0 heterocycles. The van der Waals surface area contributed by atoms with Gasteiger partial charge in [-0.05, 0) is 26.7 Å². The Bertz CT molecular complexity index is 393. The van der Waals surface area contributed by atoms with Crippen molar-refractivity contribution < 1.29 is 13.2 Å². The van der Waals surface area contributed by atoms with Gasteiger partial charge in [0, 0.05) is 5.30 Å². The van der Waals surface area contributed by atoms with Crippen LogP contribution in [0, 0.1) is 0 Å². The van der Waals surface area contributed by atoms with Gasteiger partial charge in [0.1, 0.15) is 0 Å². The number of halogens is 3. The van der Waals surface area contributed by atoms with E-state index in [1.807, 2.05) is 0 Å². The van der Waals surface area contributed by atoms with E-state index in [1.54, 1.807) is 6.07 Å². The van der Waals surface area contributed by atoms with Gasteiger partial charge in [-0.25, -0.2) is 0 Å². The van der Waals surface area contributed by atoms with E-state index in [1.165, 1.54) is 31.4 Å². The molecule has 0 aliphatic rings. The molecule has 0 fully saturated rings. The third-order valence-corrected chi connectivity index (χ3v) is 5.08. The first-order valence-corrected chi connectivity index (χ1v) is 8.75. The molecule has 0 bridgehead atoms. The molecule has 114 valence electrons. The number of nitrogens with two attached hydrogens (primary N) is 1. The van der Waals surface area contributed by atoms with Crippen molar-refractivity contribution in [1.29, 1.82) is 0 Å². The fourth-order valence-corrected chi connectivity index (χ4v) is 3.74. The highest BCUT2D eigenvalue weighted by Gasteiger charge is 2.34. The lowest BCUT2D eigenvalue weighted by Crippen LogP contribution is -2.21. The topological polar surface area (TPSA) is 26.0 Å². The lowest BCUT2D eigenvalue weighted by atomic mass is 10.1. The van der Waals surface area contributed by atoms with Crippen molar-refractivity contribution >= 4 is 13.4 Å². The van der Waals surface area contributed by atoms with Crippen LogP contribution in [0.4, 0.5) is 13.2 Å². The zero-order valence-electron chi connectivity index (χ0n) is 11.9. The van der Waals surface area contributed by atoms with E-state index < -0.39 is 19.8 Å². The number of alkyl halides is 3. The Morgan fingerprint density at radius 2 is 1.60 bits per heavy atom. The van der Waals surface area contributed by atoms with Gasteiger partial charge < -0.3 is 5.50 Å². The van der Waals surface area contributed by atoms with E-state index in [-0.39, 0.29) is 5.30 Å². The molecule has 1 rings (SSSR count). The number of benzene rings is 1. The molecule has 5 heteroatoms. The maximum absolute atomic E-state index is 12.9. The molecule has 0 aromatic heterocycles. The highest BCUT2D eigenvalue weighted by atomic mass is 31.1. The van der Waals surface area contributed by atoms with Crippen molar-refractivity contribution in [1.82, 2.24) is 0 Å². The molecule has 1 aromatic rings. The average molecular weight is 305 g/mol. The van der Waals surface area contributed by atoms with E-state index in [0.717, 1.165) is 25.3 Å². The summed E-state index contributed by atoms with van der Waals surface area (Å²) in [6.45, 7) is 2.16. The third-order valence-electron chi connectivity index (χ3n) is 3.27. The SMILES string of the molecule is CCCCCCCC[P@@](N)c1ccccc1C(F)(F)F. The summed E-state index contributed by atoms with van der Waals surface area (Å²) in [5.41, 5.74) is 5.43. The van der Waals surface area contributed by atoms with Crippen LogP contribution in [0.25, 0.3) is 0 Å². The summed E-state index contributed by atoms with van der Waals surface area (Å²) in [6.07, 6.45) is 3.13. The molecule has 0 unspecified atom stereocenters. The van der Waals surface area contributed by atoms with Crippen LogP contribution in [0.15, 0.2) is 24.3 Å². The third kappa shape index (κ3) is 5.80. The van der Waals surface area contributed by atoms with Crippen LogP contribution < -0.4 is 10.8 Å². The van der Waals surface area contributed by atoms with Crippen LogP contribution in [0.5, 0.6) is 0 Å². The van der Waals surface area contributed by atoms with E-state index in [4.69, 9.17) is 5.50 Å². The molecule has 0 amide bonds. The molecule has 0 saturated carbocycles. The van der Waals surface area contributed by atoms with E-state index in [9.17, 15) is 13.2 Å². The van der Waals surface area contributed by atoms with Crippen LogP contribution in [0.1, 0.15) is 51.0 Å². The van der Waals surface area contributed by atoms with Crippen LogP contribution in [-0.2, 0) is 6.18 Å². The molecule has 1 aromatic carbocycles. The Kier molecular flexibility index (Phi) is 7.53. The number of rotatable bonds is 8. The summed E-state index contributed by atoms with van der Waals surface area (Å²) in [4.78, 5) is 0. The van der Waals surface area contributed by atoms with Gasteiger partial charge in [-0.1, -0.05) is 57.2 Å². The van der Waals surface area contributed by atoms with Crippen molar-refractivity contribution in [2.75, 3.05) is 6.16 Å². The fraction of sp³-hybridized carbons (Fsp3) is 0.600. The van der Waals surface area contributed by atoms with Crippen molar-refractivity contribution in [3.63, 3.8) is 0 Å². The smallest absolute Gasteiger partial charge is 0.306 e. The first-order valence-electron chi connectivity index (χ1n) is 7.15. The summed E-state index contributed by atoms with van der Waals surface area (Å²) < 4.78 is 38.7. The molecule has 0 saturated heterocycles. The van der Waals surface area contributed by atoms with E-state index in [0.29, 0.717) is 6.16 Å². The molecule has 1 atom stereocenters. The minimum Gasteiger partial charge on any atom is -0.306 e. The number of unbranched alkanes of at least 4 members (excludes halogenated alkanes) is 5. The normalized spacial score (nSPS) is 13.4. The summed E-state index contributed by atoms with van der Waals surface area (Å²) in [7, 11) is -1.21. The Balaban J connectivity index is 2.49. The van der Waals surface area contributed by atoms with Crippen LogP contribution in [0.3, 0.4) is 0 Å². The zero-order chi connectivity index (χ0) is 15.0. The van der Waals surface area contributed by atoms with Gasteiger partial charge in [0.2, 0.25) is 0 Å². The molecule has 0 radical (unpaired) electrons. The first kappa shape index (κ1) is 17.5. The van der Waals surface area contributed by atoms with Crippen molar-refractivity contribution in [2.45, 2.75) is 51.6 Å². The minimum absolute atomic E-state index is 0.281. The summed E-state index contributed by atoms with van der Waals surface area (Å²) in [5, 5.41) is 0.281. The largest absolute Gasteiger partial charge is 0.417 e. The van der Waals surface area contributed by atoms with E-state index >= 15 is 0 Å². The maximum atomic E-state index is 12.9. The molecule has 0 spiro atoms. The zero-order valence-corrected chi connectivity index (χ0v) is 12.8. The second-order valence-corrected chi connectivity index (χ2v) is 6.84. The Morgan fingerprint density at radius 3 is 2.25 bits per heavy atom. The predicted octanol–water partition coefficient (Wildman–Crippen LogP) is 5.05. The summed E-state index contributed by atoms with van der Waals surface area (Å²) >= 11 is 0. The van der Waals surface area contributed by atoms with Crippen molar-refractivity contribution in [3.05, 3.63) is 29.8 Å². The van der Waals surface area contributed by atoms with Gasteiger partial charge in [-0.2, -0.15) is 13.2 Å². The van der Waals surface area contributed by atoms with Crippen molar-refractivity contribution in [3.8, 4) is 0 Å². The highest BCUT2D eigenvalue weighted by molar-refractivity contribution is 7.63. The molecule has 20 heavy (non-hydrogen) atoms. The van der Waals surface area contributed by atoms with Gasteiger partial charge in [0.05, 0.1) is 5.56 Å². The highest BCUT2D eigenvalue weighted by Crippen LogP contribution is 2.35. The maximum Gasteiger partial charge on any atom is 0.417 e. The summed E-state index contributed by atoms with van der Waals surface area (Å²) in [5.74, 6) is 0. The Morgan fingerprint density at radius 1 is 1.00 bits per heavy atom. The monoisotopic (exact) mass is 305 g/mol. The van der Waals surface area contributed by atoms with E-state index in [2.05, 4.69) is 6.92 Å². The van der Waals surface area contributed by atoms with Crippen LogP contribution >= 0.6 is 8.07 Å². The lowest BCUT2D eigenvalue weighted by molar-refractivity contribution is -0.136. The second kappa shape index (κ2) is 8.63. The average Bonchev–Trinajstić information content (AvgIpc) is 2.41. The van der Waals surface area contributed by atoms with Gasteiger partial charge in [0.25, 0.3) is 0 Å². The Hall–Kier alpha value is -0.600. The minimum atomic E-state index is -4.31. The standard InChI is InChI=1S/C15H23F3NP/c1-2-3-4-5-6-9-12-20(19)14-11-8-7-10-13(14)15(16,17)18/h7-8,10-11H,2-6,9,12,19H2,1H3/t20-/m1/s1.